The lowest BCUT2D eigenvalue weighted by molar-refractivity contribution is -0.129. The zero-order valence-corrected chi connectivity index (χ0v) is 16.9. The van der Waals surface area contributed by atoms with Crippen LogP contribution in [-0.2, 0) is 9.53 Å². The van der Waals surface area contributed by atoms with Gasteiger partial charge in [-0.25, -0.2) is 19.0 Å². The Hall–Kier alpha value is -3.58. The van der Waals surface area contributed by atoms with Crippen molar-refractivity contribution < 1.29 is 23.5 Å². The van der Waals surface area contributed by atoms with Crippen LogP contribution in [0.25, 0.3) is 6.08 Å². The summed E-state index contributed by atoms with van der Waals surface area (Å²) in [6.45, 7) is 0. The molecule has 0 aromatic heterocycles. The van der Waals surface area contributed by atoms with Crippen molar-refractivity contribution in [1.29, 1.82) is 0 Å². The van der Waals surface area contributed by atoms with E-state index >= 15 is 0 Å². The summed E-state index contributed by atoms with van der Waals surface area (Å²) in [7, 11) is 0. The summed E-state index contributed by atoms with van der Waals surface area (Å²) in [6, 6.07) is 19.1. The monoisotopic (exact) mass is 465 g/mol. The van der Waals surface area contributed by atoms with Crippen LogP contribution in [0, 0.1) is 5.82 Å². The molecule has 0 saturated heterocycles. The number of cyclic esters (lactones) is 1. The summed E-state index contributed by atoms with van der Waals surface area (Å²) in [4.78, 5) is 29.0. The van der Waals surface area contributed by atoms with Gasteiger partial charge in [-0.1, -0.05) is 30.3 Å². The van der Waals surface area contributed by atoms with Crippen molar-refractivity contribution >= 4 is 39.8 Å². The van der Waals surface area contributed by atoms with Crippen molar-refractivity contribution in [3.63, 3.8) is 0 Å². The van der Waals surface area contributed by atoms with Gasteiger partial charge in [-0.15, -0.1) is 0 Å². The van der Waals surface area contributed by atoms with Gasteiger partial charge in [-0.2, -0.15) is 0 Å². The Morgan fingerprint density at radius 1 is 1.00 bits per heavy atom. The van der Waals surface area contributed by atoms with Gasteiger partial charge in [0.25, 0.3) is 0 Å². The van der Waals surface area contributed by atoms with Crippen LogP contribution in [0.4, 0.5) is 4.39 Å². The molecule has 0 unspecified atom stereocenters. The predicted molar refractivity (Wildman–Crippen MR) is 113 cm³/mol. The molecular weight excluding hydrogens is 453 g/mol. The number of esters is 2. The summed E-state index contributed by atoms with van der Waals surface area (Å²) >= 11 is 3.33. The molecule has 0 fully saturated rings. The lowest BCUT2D eigenvalue weighted by Gasteiger charge is -2.08. The van der Waals surface area contributed by atoms with Crippen LogP contribution in [0.5, 0.6) is 5.75 Å². The number of hydrogen-bond donors (Lipinski definition) is 0. The molecule has 0 amide bonds. The first-order chi connectivity index (χ1) is 14.5. The molecule has 30 heavy (non-hydrogen) atoms. The van der Waals surface area contributed by atoms with E-state index in [1.807, 2.05) is 0 Å². The summed E-state index contributed by atoms with van der Waals surface area (Å²) in [6.07, 6.45) is 1.47. The molecule has 148 valence electrons. The molecule has 0 N–H and O–H groups in total. The molecule has 1 heterocycles. The van der Waals surface area contributed by atoms with Crippen LogP contribution in [0.3, 0.4) is 0 Å². The van der Waals surface area contributed by atoms with Gasteiger partial charge in [-0.3, -0.25) is 0 Å². The zero-order valence-electron chi connectivity index (χ0n) is 15.3. The van der Waals surface area contributed by atoms with Crippen molar-refractivity contribution in [3.8, 4) is 5.75 Å². The van der Waals surface area contributed by atoms with E-state index < -0.39 is 17.8 Å². The maximum atomic E-state index is 13.1. The number of ether oxygens (including phenoxy) is 2. The van der Waals surface area contributed by atoms with Gasteiger partial charge < -0.3 is 9.47 Å². The maximum Gasteiger partial charge on any atom is 0.363 e. The van der Waals surface area contributed by atoms with Crippen LogP contribution in [-0.4, -0.2) is 17.8 Å². The molecule has 1 aliphatic rings. The van der Waals surface area contributed by atoms with E-state index in [0.29, 0.717) is 21.2 Å². The molecule has 0 saturated carbocycles. The highest BCUT2D eigenvalue weighted by atomic mass is 79.9. The van der Waals surface area contributed by atoms with Crippen molar-refractivity contribution in [3.05, 3.63) is 105 Å². The highest BCUT2D eigenvalue weighted by molar-refractivity contribution is 9.10. The Labute approximate surface area is 179 Å². The molecule has 5 nitrogen and oxygen atoms in total. The Bertz CT molecular complexity index is 1200. The molecule has 0 bridgehead atoms. The third-order valence-corrected chi connectivity index (χ3v) is 4.91. The Balaban J connectivity index is 1.63. The predicted octanol–water partition coefficient (Wildman–Crippen LogP) is 5.15. The van der Waals surface area contributed by atoms with Crippen molar-refractivity contribution in [2.45, 2.75) is 0 Å². The van der Waals surface area contributed by atoms with Gasteiger partial charge in [0, 0.05) is 15.6 Å². The topological polar surface area (TPSA) is 65.0 Å². The van der Waals surface area contributed by atoms with E-state index in [1.165, 1.54) is 30.3 Å². The van der Waals surface area contributed by atoms with Crippen LogP contribution >= 0.6 is 15.9 Å². The van der Waals surface area contributed by atoms with Crippen LogP contribution in [0.1, 0.15) is 21.5 Å². The van der Waals surface area contributed by atoms with Gasteiger partial charge in [0.15, 0.2) is 5.70 Å². The number of benzene rings is 3. The molecular formula is C23H13BrFNO4. The third-order valence-electron chi connectivity index (χ3n) is 4.22. The number of nitrogens with zero attached hydrogens (tertiary/aromatic N) is 1. The minimum Gasteiger partial charge on any atom is -0.422 e. The first kappa shape index (κ1) is 19.7. The van der Waals surface area contributed by atoms with E-state index in [2.05, 4.69) is 20.9 Å². The van der Waals surface area contributed by atoms with Crippen molar-refractivity contribution in [2.75, 3.05) is 0 Å². The standard InChI is InChI=1S/C23H13BrFNO4/c24-18-7-3-2-6-17(18)22(27)29-20-8-4-1-5-15(20)13-19-23(28)30-21(26-19)14-9-11-16(25)12-10-14/h1-13H/b19-13-. The fourth-order valence-corrected chi connectivity index (χ4v) is 3.19. The summed E-state index contributed by atoms with van der Waals surface area (Å²) < 4.78 is 24.4. The second kappa shape index (κ2) is 8.42. The summed E-state index contributed by atoms with van der Waals surface area (Å²) in [5.41, 5.74) is 1.37. The molecule has 0 atom stereocenters. The summed E-state index contributed by atoms with van der Waals surface area (Å²) in [5.74, 6) is -1.25. The largest absolute Gasteiger partial charge is 0.422 e. The lowest BCUT2D eigenvalue weighted by atomic mass is 10.1. The molecule has 0 radical (unpaired) electrons. The van der Waals surface area contributed by atoms with Crippen LogP contribution < -0.4 is 4.74 Å². The minimum atomic E-state index is -0.652. The van der Waals surface area contributed by atoms with E-state index in [-0.39, 0.29) is 17.3 Å². The highest BCUT2D eigenvalue weighted by Crippen LogP contribution is 2.26. The minimum absolute atomic E-state index is 0.0405. The van der Waals surface area contributed by atoms with E-state index in [1.54, 1.807) is 48.5 Å². The van der Waals surface area contributed by atoms with Crippen molar-refractivity contribution in [1.82, 2.24) is 0 Å². The number of carbonyl (C=O) groups excluding carboxylic acids is 2. The Morgan fingerprint density at radius 2 is 1.70 bits per heavy atom. The second-order valence-corrected chi connectivity index (χ2v) is 7.10. The number of hydrogen-bond acceptors (Lipinski definition) is 5. The third kappa shape index (κ3) is 4.21. The average Bonchev–Trinajstić information content (AvgIpc) is 3.10. The van der Waals surface area contributed by atoms with Crippen LogP contribution in [0.15, 0.2) is 88.0 Å². The fraction of sp³-hybridized carbons (Fsp3) is 0. The molecule has 3 aromatic rings. The number of para-hydroxylation sites is 1. The number of carbonyl (C=O) groups is 2. The number of aliphatic imine (C=N–C) groups is 1. The lowest BCUT2D eigenvalue weighted by Crippen LogP contribution is -2.10. The highest BCUT2D eigenvalue weighted by Gasteiger charge is 2.25. The smallest absolute Gasteiger partial charge is 0.363 e. The van der Waals surface area contributed by atoms with Gasteiger partial charge in [0.2, 0.25) is 5.90 Å². The summed E-state index contributed by atoms with van der Waals surface area (Å²) in [5, 5.41) is 0. The Morgan fingerprint density at radius 3 is 2.47 bits per heavy atom. The molecule has 3 aromatic carbocycles. The SMILES string of the molecule is O=C1OC(c2ccc(F)cc2)=N/C1=C\c1ccccc1OC(=O)c1ccccc1Br. The normalized spacial score (nSPS) is 14.4. The number of rotatable bonds is 4. The number of halogens is 2. The molecule has 7 heteroatoms. The zero-order chi connectivity index (χ0) is 21.1. The molecule has 1 aliphatic heterocycles. The quantitative estimate of drug-likeness (QED) is 0.303. The van der Waals surface area contributed by atoms with E-state index in [9.17, 15) is 14.0 Å². The maximum absolute atomic E-state index is 13.1. The van der Waals surface area contributed by atoms with E-state index in [0.717, 1.165) is 0 Å². The first-order valence-corrected chi connectivity index (χ1v) is 9.65. The fourth-order valence-electron chi connectivity index (χ4n) is 2.75. The van der Waals surface area contributed by atoms with Crippen LogP contribution in [0.2, 0.25) is 0 Å². The molecule has 0 aliphatic carbocycles. The van der Waals surface area contributed by atoms with Crippen molar-refractivity contribution in [2.24, 2.45) is 4.99 Å². The molecule has 4 rings (SSSR count). The Kier molecular flexibility index (Phi) is 5.54. The first-order valence-electron chi connectivity index (χ1n) is 8.85. The van der Waals surface area contributed by atoms with Gasteiger partial charge in [0.1, 0.15) is 11.6 Å². The average molecular weight is 466 g/mol. The van der Waals surface area contributed by atoms with E-state index in [4.69, 9.17) is 9.47 Å². The molecule has 0 spiro atoms. The second-order valence-electron chi connectivity index (χ2n) is 6.25. The van der Waals surface area contributed by atoms with Gasteiger partial charge in [0.05, 0.1) is 5.56 Å². The van der Waals surface area contributed by atoms with Gasteiger partial charge >= 0.3 is 11.9 Å². The van der Waals surface area contributed by atoms with Gasteiger partial charge in [-0.05, 0) is 64.5 Å².